The second-order valence-corrected chi connectivity index (χ2v) is 7.92. The van der Waals surface area contributed by atoms with Crippen molar-refractivity contribution in [2.24, 2.45) is 0 Å². The van der Waals surface area contributed by atoms with E-state index in [-0.39, 0.29) is 37.5 Å². The molecule has 0 saturated carbocycles. The van der Waals surface area contributed by atoms with Crippen LogP contribution in [0.15, 0.2) is 71.3 Å². The molecule has 0 aliphatic heterocycles. The van der Waals surface area contributed by atoms with Crippen LogP contribution >= 0.6 is 0 Å². The van der Waals surface area contributed by atoms with Gasteiger partial charge in [0.2, 0.25) is 11.8 Å². The van der Waals surface area contributed by atoms with Crippen LogP contribution in [0.1, 0.15) is 38.1 Å². The first kappa shape index (κ1) is 25.8. The lowest BCUT2D eigenvalue weighted by Crippen LogP contribution is -2.42. The van der Waals surface area contributed by atoms with Crippen molar-refractivity contribution in [3.8, 4) is 11.5 Å². The second kappa shape index (κ2) is 13.2. The normalized spacial score (nSPS) is 11.5. The molecule has 3 rings (SSSR count). The predicted octanol–water partition coefficient (Wildman–Crippen LogP) is 4.40. The zero-order valence-electron chi connectivity index (χ0n) is 20.5. The molecule has 2 aromatic carbocycles. The lowest BCUT2D eigenvalue weighted by molar-refractivity contribution is -0.134. The van der Waals surface area contributed by atoms with Gasteiger partial charge < -0.3 is 29.4 Å². The molecule has 2 amide bonds. The molecule has 0 saturated heterocycles. The minimum Gasteiger partial charge on any atom is -0.490 e. The van der Waals surface area contributed by atoms with Gasteiger partial charge in [0.1, 0.15) is 12.3 Å². The van der Waals surface area contributed by atoms with Crippen LogP contribution in [0.5, 0.6) is 11.5 Å². The molecule has 1 heterocycles. The van der Waals surface area contributed by atoms with E-state index in [2.05, 4.69) is 10.6 Å². The maximum absolute atomic E-state index is 13.1. The Bertz CT molecular complexity index is 1070. The Morgan fingerprint density at radius 3 is 2.40 bits per heavy atom. The molecule has 8 nitrogen and oxygen atoms in total. The van der Waals surface area contributed by atoms with Crippen molar-refractivity contribution in [1.29, 1.82) is 0 Å². The number of para-hydroxylation sites is 1. The number of hydrogen-bond donors (Lipinski definition) is 2. The molecule has 1 atom stereocenters. The average molecular weight is 480 g/mol. The van der Waals surface area contributed by atoms with Crippen LogP contribution in [0.3, 0.4) is 0 Å². The summed E-state index contributed by atoms with van der Waals surface area (Å²) in [4.78, 5) is 27.2. The number of benzene rings is 2. The SMILES string of the molecule is CCOc1ccc([C@H](C)NCC(=O)N(CC(=O)Nc2ccccc2)Cc2ccco2)cc1OCC. The van der Waals surface area contributed by atoms with Gasteiger partial charge >= 0.3 is 0 Å². The molecule has 3 aromatic rings. The fourth-order valence-electron chi connectivity index (χ4n) is 3.53. The Morgan fingerprint density at radius 2 is 1.71 bits per heavy atom. The Kier molecular flexibility index (Phi) is 9.74. The van der Waals surface area contributed by atoms with Gasteiger partial charge in [0.25, 0.3) is 0 Å². The highest BCUT2D eigenvalue weighted by Gasteiger charge is 2.20. The topological polar surface area (TPSA) is 93.0 Å². The Hall–Kier alpha value is -3.78. The third kappa shape index (κ3) is 7.89. The van der Waals surface area contributed by atoms with Crippen LogP contribution in [0.2, 0.25) is 0 Å². The first-order valence-corrected chi connectivity index (χ1v) is 11.8. The zero-order valence-corrected chi connectivity index (χ0v) is 20.5. The molecule has 0 spiro atoms. The van der Waals surface area contributed by atoms with E-state index in [4.69, 9.17) is 13.9 Å². The van der Waals surface area contributed by atoms with Crippen molar-refractivity contribution in [2.45, 2.75) is 33.4 Å². The van der Waals surface area contributed by atoms with Crippen molar-refractivity contribution in [3.63, 3.8) is 0 Å². The number of ether oxygens (including phenoxy) is 2. The molecule has 0 radical (unpaired) electrons. The summed E-state index contributed by atoms with van der Waals surface area (Å²) in [6.07, 6.45) is 1.55. The highest BCUT2D eigenvalue weighted by Crippen LogP contribution is 2.30. The van der Waals surface area contributed by atoms with Gasteiger partial charge in [-0.15, -0.1) is 0 Å². The van der Waals surface area contributed by atoms with Gasteiger partial charge in [0, 0.05) is 11.7 Å². The summed E-state index contributed by atoms with van der Waals surface area (Å²) in [7, 11) is 0. The Labute approximate surface area is 206 Å². The highest BCUT2D eigenvalue weighted by molar-refractivity contribution is 5.94. The minimum atomic E-state index is -0.281. The smallest absolute Gasteiger partial charge is 0.244 e. The first-order chi connectivity index (χ1) is 17.0. The second-order valence-electron chi connectivity index (χ2n) is 7.92. The van der Waals surface area contributed by atoms with Crippen LogP contribution in [0.4, 0.5) is 5.69 Å². The lowest BCUT2D eigenvalue weighted by Gasteiger charge is -2.23. The number of amides is 2. The summed E-state index contributed by atoms with van der Waals surface area (Å²) in [6, 6.07) is 18.3. The maximum Gasteiger partial charge on any atom is 0.244 e. The summed E-state index contributed by atoms with van der Waals surface area (Å²) < 4.78 is 16.7. The number of hydrogen-bond acceptors (Lipinski definition) is 6. The summed E-state index contributed by atoms with van der Waals surface area (Å²) in [5.41, 5.74) is 1.64. The molecular formula is C27H33N3O5. The molecule has 1 aromatic heterocycles. The molecule has 0 bridgehead atoms. The lowest BCUT2D eigenvalue weighted by atomic mass is 10.1. The van der Waals surface area contributed by atoms with Crippen LogP contribution in [0, 0.1) is 0 Å². The van der Waals surface area contributed by atoms with Crippen molar-refractivity contribution >= 4 is 17.5 Å². The number of carbonyl (C=O) groups is 2. The fraction of sp³-hybridized carbons (Fsp3) is 0.333. The quantitative estimate of drug-likeness (QED) is 0.378. The number of nitrogens with one attached hydrogen (secondary N) is 2. The van der Waals surface area contributed by atoms with Gasteiger partial charge in [-0.3, -0.25) is 9.59 Å². The van der Waals surface area contributed by atoms with E-state index in [9.17, 15) is 9.59 Å². The minimum absolute atomic E-state index is 0.0532. The largest absolute Gasteiger partial charge is 0.490 e. The van der Waals surface area contributed by atoms with E-state index in [1.807, 2.05) is 57.2 Å². The van der Waals surface area contributed by atoms with Crippen LogP contribution in [-0.4, -0.2) is 43.0 Å². The van der Waals surface area contributed by atoms with E-state index in [1.54, 1.807) is 30.5 Å². The van der Waals surface area contributed by atoms with Crippen molar-refractivity contribution in [2.75, 3.05) is 31.6 Å². The van der Waals surface area contributed by atoms with Gasteiger partial charge in [0.05, 0.1) is 32.6 Å². The summed E-state index contributed by atoms with van der Waals surface area (Å²) in [5, 5.41) is 6.07. The Balaban J connectivity index is 1.64. The van der Waals surface area contributed by atoms with E-state index in [1.165, 1.54) is 4.90 Å². The van der Waals surface area contributed by atoms with Gasteiger partial charge in [0.15, 0.2) is 11.5 Å². The standard InChI is InChI=1S/C27H33N3O5/c1-4-33-24-14-13-21(16-25(24)34-5-2)20(3)28-17-27(32)30(18-23-12-9-15-35-23)19-26(31)29-22-10-7-6-8-11-22/h6-16,20,28H,4-5,17-19H2,1-3H3,(H,29,31)/t20-/m0/s1. The summed E-state index contributed by atoms with van der Waals surface area (Å²) in [5.74, 6) is 1.47. The average Bonchev–Trinajstić information content (AvgIpc) is 3.37. The molecule has 186 valence electrons. The first-order valence-electron chi connectivity index (χ1n) is 11.8. The van der Waals surface area contributed by atoms with E-state index in [0.29, 0.717) is 36.2 Å². The molecule has 0 aliphatic rings. The van der Waals surface area contributed by atoms with Gasteiger partial charge in [-0.2, -0.15) is 0 Å². The van der Waals surface area contributed by atoms with Crippen molar-refractivity contribution in [1.82, 2.24) is 10.2 Å². The third-order valence-corrected chi connectivity index (χ3v) is 5.30. The van der Waals surface area contributed by atoms with Crippen molar-refractivity contribution < 1.29 is 23.5 Å². The van der Waals surface area contributed by atoms with Crippen LogP contribution in [0.25, 0.3) is 0 Å². The summed E-state index contributed by atoms with van der Waals surface area (Å²) >= 11 is 0. The number of rotatable bonds is 13. The summed E-state index contributed by atoms with van der Waals surface area (Å²) in [6.45, 7) is 7.04. The molecular weight excluding hydrogens is 446 g/mol. The zero-order chi connectivity index (χ0) is 25.0. The predicted molar refractivity (Wildman–Crippen MR) is 134 cm³/mol. The van der Waals surface area contributed by atoms with E-state index in [0.717, 1.165) is 5.56 Å². The molecule has 8 heteroatoms. The van der Waals surface area contributed by atoms with E-state index >= 15 is 0 Å². The molecule has 0 aliphatic carbocycles. The van der Waals surface area contributed by atoms with E-state index < -0.39 is 0 Å². The highest BCUT2D eigenvalue weighted by atomic mass is 16.5. The van der Waals surface area contributed by atoms with Crippen LogP contribution in [-0.2, 0) is 16.1 Å². The maximum atomic E-state index is 13.1. The molecule has 0 fully saturated rings. The van der Waals surface area contributed by atoms with Crippen molar-refractivity contribution in [3.05, 3.63) is 78.3 Å². The van der Waals surface area contributed by atoms with Crippen LogP contribution < -0.4 is 20.1 Å². The number of carbonyl (C=O) groups excluding carboxylic acids is 2. The molecule has 35 heavy (non-hydrogen) atoms. The fourth-order valence-corrected chi connectivity index (χ4v) is 3.53. The van der Waals surface area contributed by atoms with Gasteiger partial charge in [-0.25, -0.2) is 0 Å². The third-order valence-electron chi connectivity index (χ3n) is 5.30. The Morgan fingerprint density at radius 1 is 0.971 bits per heavy atom. The number of furan rings is 1. The van der Waals surface area contributed by atoms with Gasteiger partial charge in [-0.1, -0.05) is 24.3 Å². The number of nitrogens with zero attached hydrogens (tertiary/aromatic N) is 1. The number of anilines is 1. The molecule has 2 N–H and O–H groups in total. The van der Waals surface area contributed by atoms with Gasteiger partial charge in [-0.05, 0) is 62.7 Å². The monoisotopic (exact) mass is 479 g/mol. The molecule has 0 unspecified atom stereocenters.